The number of hydrogen-bond acceptors (Lipinski definition) is 3. The Kier molecular flexibility index (Phi) is 5.17. The molecule has 0 fully saturated rings. The summed E-state index contributed by atoms with van der Waals surface area (Å²) < 4.78 is 3.54. The minimum absolute atomic E-state index is 0.0199. The highest BCUT2D eigenvalue weighted by atomic mass is 79.9. The van der Waals surface area contributed by atoms with E-state index in [-0.39, 0.29) is 11.6 Å². The molecule has 1 aliphatic carbocycles. The number of allylic oxidation sites excluding steroid dienone is 1. The summed E-state index contributed by atoms with van der Waals surface area (Å²) >= 11 is 11.2. The molecule has 0 amide bonds. The molecule has 1 unspecified atom stereocenters. The molecule has 0 spiro atoms. The number of H-pyrrole nitrogens is 1. The first-order valence-electron chi connectivity index (χ1n) is 11.7. The normalized spacial score (nSPS) is 17.1. The van der Waals surface area contributed by atoms with Gasteiger partial charge in [-0.25, -0.2) is 4.99 Å². The summed E-state index contributed by atoms with van der Waals surface area (Å²) in [5.74, 6) is 0. The Morgan fingerprint density at radius 2 is 1.92 bits per heavy atom. The van der Waals surface area contributed by atoms with E-state index in [4.69, 9.17) is 16.6 Å². The molecule has 176 valence electrons. The van der Waals surface area contributed by atoms with Crippen LogP contribution in [0.5, 0.6) is 0 Å². The van der Waals surface area contributed by atoms with Crippen molar-refractivity contribution in [3.8, 4) is 0 Å². The Labute approximate surface area is 224 Å². The number of fused-ring (bicyclic) bond motifs is 4. The lowest BCUT2D eigenvalue weighted by atomic mass is 9.83. The van der Waals surface area contributed by atoms with Gasteiger partial charge in [-0.15, -0.1) is 0 Å². The van der Waals surface area contributed by atoms with E-state index in [1.165, 1.54) is 22.5 Å². The number of aromatic nitrogens is 2. The van der Waals surface area contributed by atoms with E-state index >= 15 is 0 Å². The highest BCUT2D eigenvalue weighted by Crippen LogP contribution is 2.41. The molecular weight excluding hydrogens is 554 g/mol. The average molecular weight is 573 g/mol. The van der Waals surface area contributed by atoms with Crippen LogP contribution < -0.4 is 14.9 Å². The zero-order valence-corrected chi connectivity index (χ0v) is 22.1. The third-order valence-electron chi connectivity index (χ3n) is 7.02. The molecule has 0 radical (unpaired) electrons. The van der Waals surface area contributed by atoms with Crippen molar-refractivity contribution in [2.24, 2.45) is 4.99 Å². The number of aromatic amines is 1. The fourth-order valence-corrected chi connectivity index (χ4v) is 6.82. The maximum absolute atomic E-state index is 13.9. The molecule has 1 aliphatic heterocycles. The highest BCUT2D eigenvalue weighted by Gasteiger charge is 2.32. The van der Waals surface area contributed by atoms with Crippen LogP contribution in [0.4, 0.5) is 0 Å². The van der Waals surface area contributed by atoms with Crippen LogP contribution in [0.25, 0.3) is 22.7 Å². The van der Waals surface area contributed by atoms with Gasteiger partial charge in [0.1, 0.15) is 0 Å². The first-order valence-corrected chi connectivity index (χ1v) is 13.7. The number of rotatable bonds is 2. The van der Waals surface area contributed by atoms with Crippen molar-refractivity contribution in [1.29, 1.82) is 0 Å². The van der Waals surface area contributed by atoms with E-state index in [0.29, 0.717) is 9.55 Å². The number of nitrogens with one attached hydrogen (secondary N) is 1. The van der Waals surface area contributed by atoms with E-state index in [1.807, 2.05) is 53.2 Å². The standard InChI is InChI=1S/C29H19BrClN3OS/c30-19-8-12-24-23(14-19)18(15-32-24)13-25-28(35)34-27(17-5-9-20(31)10-6-17)22-11-7-16-3-1-2-4-21(16)26(22)33-29(34)36-25/h1-6,8-10,12-15,27,32H,7,11H2/b25-13-. The van der Waals surface area contributed by atoms with Crippen LogP contribution in [0, 0.1) is 0 Å². The van der Waals surface area contributed by atoms with E-state index in [9.17, 15) is 4.79 Å². The van der Waals surface area contributed by atoms with Crippen molar-refractivity contribution in [3.05, 3.63) is 130 Å². The summed E-state index contributed by atoms with van der Waals surface area (Å²) in [6, 6.07) is 22.2. The topological polar surface area (TPSA) is 50.1 Å². The molecule has 1 atom stereocenters. The van der Waals surface area contributed by atoms with Gasteiger partial charge >= 0.3 is 0 Å². The Bertz CT molecular complexity index is 1900. The molecular formula is C29H19BrClN3OS. The molecule has 0 bridgehead atoms. The molecule has 2 aromatic heterocycles. The van der Waals surface area contributed by atoms with Crippen molar-refractivity contribution >= 4 is 61.5 Å². The number of halogens is 2. The van der Waals surface area contributed by atoms with Gasteiger partial charge in [0.2, 0.25) is 0 Å². The third kappa shape index (κ3) is 3.47. The first kappa shape index (κ1) is 22.0. The fourth-order valence-electron chi connectivity index (χ4n) is 5.34. The highest BCUT2D eigenvalue weighted by molar-refractivity contribution is 9.10. The summed E-state index contributed by atoms with van der Waals surface area (Å²) in [6.07, 6.45) is 5.73. The number of nitrogens with zero attached hydrogens (tertiary/aromatic N) is 2. The Hall–Kier alpha value is -3.19. The van der Waals surface area contributed by atoms with E-state index in [1.54, 1.807) is 0 Å². The second-order valence-electron chi connectivity index (χ2n) is 9.10. The van der Waals surface area contributed by atoms with Crippen molar-refractivity contribution in [2.45, 2.75) is 18.9 Å². The predicted molar refractivity (Wildman–Crippen MR) is 150 cm³/mol. The molecule has 3 heterocycles. The van der Waals surface area contributed by atoms with Gasteiger partial charge in [0.05, 0.1) is 16.3 Å². The van der Waals surface area contributed by atoms with Gasteiger partial charge in [0.15, 0.2) is 4.80 Å². The van der Waals surface area contributed by atoms with E-state index < -0.39 is 0 Å². The monoisotopic (exact) mass is 571 g/mol. The number of thiazole rings is 1. The Morgan fingerprint density at radius 3 is 2.78 bits per heavy atom. The van der Waals surface area contributed by atoms with Crippen LogP contribution in [0.3, 0.4) is 0 Å². The van der Waals surface area contributed by atoms with Crippen molar-refractivity contribution in [2.75, 3.05) is 0 Å². The lowest BCUT2D eigenvalue weighted by molar-refractivity contribution is 0.585. The molecule has 3 aromatic carbocycles. The Morgan fingerprint density at radius 1 is 1.08 bits per heavy atom. The fraction of sp³-hybridized carbons (Fsp3) is 0.103. The zero-order chi connectivity index (χ0) is 24.4. The molecule has 0 saturated carbocycles. The lowest BCUT2D eigenvalue weighted by Gasteiger charge is -2.30. The average Bonchev–Trinajstić information content (AvgIpc) is 3.43. The second kappa shape index (κ2) is 8.44. The molecule has 7 heteroatoms. The predicted octanol–water partition coefficient (Wildman–Crippen LogP) is 6.22. The SMILES string of the molecule is O=c1/c(=C/c2c[nH]c3ccc(Br)cc23)sc2n1C(c1ccc(Cl)cc1)C1=C(N=2)c2ccccc2CC1. The molecule has 1 N–H and O–H groups in total. The number of aryl methyl sites for hydroxylation is 1. The summed E-state index contributed by atoms with van der Waals surface area (Å²) in [4.78, 5) is 23.0. The first-order chi connectivity index (χ1) is 17.6. The van der Waals surface area contributed by atoms with Crippen LogP contribution in [-0.2, 0) is 6.42 Å². The van der Waals surface area contributed by atoms with E-state index in [0.717, 1.165) is 55.4 Å². The molecule has 0 saturated heterocycles. The van der Waals surface area contributed by atoms with Crippen LogP contribution in [0.1, 0.15) is 34.7 Å². The number of benzene rings is 3. The van der Waals surface area contributed by atoms with Crippen LogP contribution in [-0.4, -0.2) is 9.55 Å². The van der Waals surface area contributed by atoms with Crippen LogP contribution in [0.15, 0.2) is 92.8 Å². The smallest absolute Gasteiger partial charge is 0.271 e. The van der Waals surface area contributed by atoms with Crippen molar-refractivity contribution in [3.63, 3.8) is 0 Å². The maximum Gasteiger partial charge on any atom is 0.271 e. The summed E-state index contributed by atoms with van der Waals surface area (Å²) in [5.41, 5.74) is 7.69. The van der Waals surface area contributed by atoms with Gasteiger partial charge < -0.3 is 4.98 Å². The molecule has 7 rings (SSSR count). The minimum Gasteiger partial charge on any atom is -0.361 e. The molecule has 36 heavy (non-hydrogen) atoms. The largest absolute Gasteiger partial charge is 0.361 e. The molecule has 2 aliphatic rings. The quantitative estimate of drug-likeness (QED) is 0.268. The van der Waals surface area contributed by atoms with Gasteiger partial charge in [0, 0.05) is 37.7 Å². The number of hydrogen-bond donors (Lipinski definition) is 1. The van der Waals surface area contributed by atoms with Gasteiger partial charge in [0.25, 0.3) is 5.56 Å². The van der Waals surface area contributed by atoms with Gasteiger partial charge in [-0.2, -0.15) is 0 Å². The van der Waals surface area contributed by atoms with Crippen molar-refractivity contribution < 1.29 is 0 Å². The third-order valence-corrected chi connectivity index (χ3v) is 8.75. The minimum atomic E-state index is -0.207. The van der Waals surface area contributed by atoms with Gasteiger partial charge in [-0.1, -0.05) is 75.3 Å². The van der Waals surface area contributed by atoms with Gasteiger partial charge in [-0.3, -0.25) is 9.36 Å². The molecule has 5 aromatic rings. The van der Waals surface area contributed by atoms with Crippen LogP contribution in [0.2, 0.25) is 5.02 Å². The summed E-state index contributed by atoms with van der Waals surface area (Å²) in [6.45, 7) is 0. The second-order valence-corrected chi connectivity index (χ2v) is 11.5. The van der Waals surface area contributed by atoms with E-state index in [2.05, 4.69) is 51.2 Å². The van der Waals surface area contributed by atoms with Crippen LogP contribution >= 0.6 is 38.9 Å². The van der Waals surface area contributed by atoms with Crippen molar-refractivity contribution in [1.82, 2.24) is 9.55 Å². The summed E-state index contributed by atoms with van der Waals surface area (Å²) in [5, 5.41) is 1.75. The molecule has 4 nitrogen and oxygen atoms in total. The summed E-state index contributed by atoms with van der Waals surface area (Å²) in [7, 11) is 0. The maximum atomic E-state index is 13.9. The zero-order valence-electron chi connectivity index (χ0n) is 19.0. The lowest BCUT2D eigenvalue weighted by Crippen LogP contribution is -2.38. The van der Waals surface area contributed by atoms with Gasteiger partial charge in [-0.05, 0) is 65.9 Å². The Balaban J connectivity index is 1.49.